The summed E-state index contributed by atoms with van der Waals surface area (Å²) in [7, 11) is 1.55. The zero-order valence-corrected chi connectivity index (χ0v) is 17.1. The largest absolute Gasteiger partial charge is 0.497 e. The average molecular weight is 433 g/mol. The number of H-pyrrole nitrogens is 1. The molecule has 3 aromatic rings. The zero-order chi connectivity index (χ0) is 22.5. The minimum Gasteiger partial charge on any atom is -0.497 e. The maximum atomic E-state index is 13.8. The minimum absolute atomic E-state index is 0.0417. The Morgan fingerprint density at radius 1 is 1.13 bits per heavy atom. The highest BCUT2D eigenvalue weighted by Crippen LogP contribution is 2.24. The van der Waals surface area contributed by atoms with Crippen molar-refractivity contribution in [1.82, 2.24) is 9.88 Å². The minimum atomic E-state index is -1.67. The van der Waals surface area contributed by atoms with Crippen molar-refractivity contribution < 1.29 is 27.5 Å². The fourth-order valence-electron chi connectivity index (χ4n) is 3.25. The van der Waals surface area contributed by atoms with Gasteiger partial charge in [-0.05, 0) is 42.3 Å². The van der Waals surface area contributed by atoms with Crippen molar-refractivity contribution in [1.29, 1.82) is 0 Å². The Hall–Kier alpha value is -3.49. The first-order chi connectivity index (χ1) is 14.8. The Morgan fingerprint density at radius 3 is 2.61 bits per heavy atom. The van der Waals surface area contributed by atoms with E-state index in [2.05, 4.69) is 10.3 Å². The normalized spacial score (nSPS) is 10.9. The number of aromatic amines is 1. The van der Waals surface area contributed by atoms with E-state index >= 15 is 0 Å². The maximum absolute atomic E-state index is 13.8. The first-order valence-corrected chi connectivity index (χ1v) is 9.69. The molecule has 0 saturated heterocycles. The van der Waals surface area contributed by atoms with E-state index in [1.165, 1.54) is 4.90 Å². The summed E-state index contributed by atoms with van der Waals surface area (Å²) in [5.41, 5.74) is 1.10. The molecule has 9 heteroatoms. The lowest BCUT2D eigenvalue weighted by molar-refractivity contribution is -0.134. The number of aromatic nitrogens is 1. The number of nitrogens with one attached hydrogen (secondary N) is 2. The van der Waals surface area contributed by atoms with Crippen LogP contribution in [-0.4, -0.2) is 41.9 Å². The standard InChI is InChI=1S/C22H22F3N3O3/c1-3-8-28(12-19(29)27-18-7-5-16(23)21(24)22(18)25)20(30)9-13-11-26-17-6-4-14(31-2)10-15(13)17/h4-7,10-11,26H,3,8-9,12H2,1-2H3,(H,27,29). The molecule has 2 amide bonds. The van der Waals surface area contributed by atoms with Crippen molar-refractivity contribution >= 4 is 28.4 Å². The number of rotatable bonds is 8. The van der Waals surface area contributed by atoms with Crippen molar-refractivity contribution in [3.8, 4) is 5.75 Å². The highest BCUT2D eigenvalue weighted by molar-refractivity contribution is 5.96. The highest BCUT2D eigenvalue weighted by atomic mass is 19.2. The van der Waals surface area contributed by atoms with Crippen LogP contribution in [0.2, 0.25) is 0 Å². The molecule has 0 bridgehead atoms. The zero-order valence-electron chi connectivity index (χ0n) is 17.1. The van der Waals surface area contributed by atoms with Gasteiger partial charge in [0.2, 0.25) is 11.8 Å². The maximum Gasteiger partial charge on any atom is 0.244 e. The lowest BCUT2D eigenvalue weighted by Gasteiger charge is -2.21. The number of hydrogen-bond donors (Lipinski definition) is 2. The Kier molecular flexibility index (Phi) is 6.84. The molecule has 2 N–H and O–H groups in total. The third-order valence-corrected chi connectivity index (χ3v) is 4.81. The molecule has 0 aliphatic heterocycles. The topological polar surface area (TPSA) is 74.4 Å². The molecule has 1 aromatic heterocycles. The number of methoxy groups -OCH3 is 1. The first kappa shape index (κ1) is 22.2. The lowest BCUT2D eigenvalue weighted by atomic mass is 10.1. The predicted molar refractivity (Wildman–Crippen MR) is 110 cm³/mol. The van der Waals surface area contributed by atoms with E-state index in [0.717, 1.165) is 22.5 Å². The van der Waals surface area contributed by atoms with E-state index in [1.54, 1.807) is 19.4 Å². The number of halogens is 3. The van der Waals surface area contributed by atoms with E-state index in [-0.39, 0.29) is 18.9 Å². The molecular formula is C22H22F3N3O3. The van der Waals surface area contributed by atoms with Gasteiger partial charge >= 0.3 is 0 Å². The Bertz CT molecular complexity index is 1110. The Morgan fingerprint density at radius 2 is 1.90 bits per heavy atom. The summed E-state index contributed by atoms with van der Waals surface area (Å²) in [5.74, 6) is -4.88. The van der Waals surface area contributed by atoms with Gasteiger partial charge in [-0.3, -0.25) is 9.59 Å². The second-order valence-electron chi connectivity index (χ2n) is 6.99. The summed E-state index contributed by atoms with van der Waals surface area (Å²) in [6.45, 7) is 1.80. The van der Waals surface area contributed by atoms with Crippen LogP contribution < -0.4 is 10.1 Å². The molecule has 0 saturated carbocycles. The number of carbonyl (C=O) groups excluding carboxylic acids is 2. The van der Waals surface area contributed by atoms with E-state index in [4.69, 9.17) is 4.74 Å². The number of hydrogen-bond acceptors (Lipinski definition) is 3. The molecule has 0 radical (unpaired) electrons. The van der Waals surface area contributed by atoms with Crippen LogP contribution in [0, 0.1) is 17.5 Å². The Labute approximate surface area is 177 Å². The number of ether oxygens (including phenoxy) is 1. The van der Waals surface area contributed by atoms with Crippen LogP contribution in [0.5, 0.6) is 5.75 Å². The van der Waals surface area contributed by atoms with E-state index in [9.17, 15) is 22.8 Å². The third kappa shape index (κ3) is 4.99. The molecule has 0 fully saturated rings. The SMILES string of the molecule is CCCN(CC(=O)Nc1ccc(F)c(F)c1F)C(=O)Cc1c[nH]c2ccc(OC)cc12. The average Bonchev–Trinajstić information content (AvgIpc) is 3.15. The molecule has 0 unspecified atom stereocenters. The van der Waals surface area contributed by atoms with Gasteiger partial charge in [0.15, 0.2) is 17.5 Å². The summed E-state index contributed by atoms with van der Waals surface area (Å²) in [5, 5.41) is 3.02. The van der Waals surface area contributed by atoms with Gasteiger partial charge in [0.1, 0.15) is 5.75 Å². The second kappa shape index (κ2) is 9.55. The number of amides is 2. The van der Waals surface area contributed by atoms with Gasteiger partial charge in [0.25, 0.3) is 0 Å². The van der Waals surface area contributed by atoms with Gasteiger partial charge < -0.3 is 19.9 Å². The van der Waals surface area contributed by atoms with Crippen molar-refractivity contribution in [3.63, 3.8) is 0 Å². The van der Waals surface area contributed by atoms with Gasteiger partial charge in [-0.25, -0.2) is 13.2 Å². The first-order valence-electron chi connectivity index (χ1n) is 9.69. The number of benzene rings is 2. The Balaban J connectivity index is 1.72. The highest BCUT2D eigenvalue weighted by Gasteiger charge is 2.20. The van der Waals surface area contributed by atoms with Crippen LogP contribution in [0.3, 0.4) is 0 Å². The van der Waals surface area contributed by atoms with Crippen molar-refractivity contribution in [2.75, 3.05) is 25.5 Å². The molecule has 0 atom stereocenters. The lowest BCUT2D eigenvalue weighted by Crippen LogP contribution is -2.39. The second-order valence-corrected chi connectivity index (χ2v) is 6.99. The molecule has 164 valence electrons. The van der Waals surface area contributed by atoms with E-state index in [0.29, 0.717) is 24.8 Å². The molecule has 2 aromatic carbocycles. The summed E-state index contributed by atoms with van der Waals surface area (Å²) < 4.78 is 45.5. The van der Waals surface area contributed by atoms with Gasteiger partial charge in [0, 0.05) is 23.6 Å². The third-order valence-electron chi connectivity index (χ3n) is 4.81. The quantitative estimate of drug-likeness (QED) is 0.527. The smallest absolute Gasteiger partial charge is 0.244 e. The number of nitrogens with zero attached hydrogens (tertiary/aromatic N) is 1. The van der Waals surface area contributed by atoms with Gasteiger partial charge in [-0.1, -0.05) is 6.92 Å². The number of anilines is 1. The fourth-order valence-corrected chi connectivity index (χ4v) is 3.25. The molecule has 1 heterocycles. The number of fused-ring (bicyclic) bond motifs is 1. The molecule has 6 nitrogen and oxygen atoms in total. The summed E-state index contributed by atoms with van der Waals surface area (Å²) >= 11 is 0. The number of carbonyl (C=O) groups is 2. The van der Waals surface area contributed by atoms with Crippen molar-refractivity contribution in [2.45, 2.75) is 19.8 Å². The van der Waals surface area contributed by atoms with Crippen LogP contribution in [0.4, 0.5) is 18.9 Å². The summed E-state index contributed by atoms with van der Waals surface area (Å²) in [4.78, 5) is 29.6. The van der Waals surface area contributed by atoms with Gasteiger partial charge in [0.05, 0.1) is 25.8 Å². The molecule has 0 aliphatic rings. The van der Waals surface area contributed by atoms with Gasteiger partial charge in [-0.2, -0.15) is 0 Å². The van der Waals surface area contributed by atoms with Gasteiger partial charge in [-0.15, -0.1) is 0 Å². The van der Waals surface area contributed by atoms with Crippen LogP contribution in [0.25, 0.3) is 10.9 Å². The molecule has 31 heavy (non-hydrogen) atoms. The van der Waals surface area contributed by atoms with Crippen LogP contribution >= 0.6 is 0 Å². The molecule has 0 aliphatic carbocycles. The predicted octanol–water partition coefficient (Wildman–Crippen LogP) is 4.01. The summed E-state index contributed by atoms with van der Waals surface area (Å²) in [6.07, 6.45) is 2.36. The summed E-state index contributed by atoms with van der Waals surface area (Å²) in [6, 6.07) is 7.10. The van der Waals surface area contributed by atoms with Crippen molar-refractivity contribution in [2.24, 2.45) is 0 Å². The van der Waals surface area contributed by atoms with Crippen LogP contribution in [-0.2, 0) is 16.0 Å². The van der Waals surface area contributed by atoms with Crippen molar-refractivity contribution in [3.05, 3.63) is 59.5 Å². The van der Waals surface area contributed by atoms with Crippen LogP contribution in [0.15, 0.2) is 36.5 Å². The van der Waals surface area contributed by atoms with Crippen LogP contribution in [0.1, 0.15) is 18.9 Å². The fraction of sp³-hybridized carbons (Fsp3) is 0.273. The monoisotopic (exact) mass is 433 g/mol. The molecule has 3 rings (SSSR count). The molecular weight excluding hydrogens is 411 g/mol. The van der Waals surface area contributed by atoms with E-state index in [1.807, 2.05) is 19.1 Å². The van der Waals surface area contributed by atoms with E-state index < -0.39 is 29.0 Å². The molecule has 0 spiro atoms.